The average molecular weight is 502 g/mol. The van der Waals surface area contributed by atoms with E-state index in [4.69, 9.17) is 0 Å². The van der Waals surface area contributed by atoms with Gasteiger partial charge in [-0.1, -0.05) is 5.21 Å². The van der Waals surface area contributed by atoms with E-state index in [0.717, 1.165) is 25.7 Å². The maximum absolute atomic E-state index is 13.5. The third-order valence-corrected chi connectivity index (χ3v) is 6.74. The van der Waals surface area contributed by atoms with E-state index < -0.39 is 12.6 Å². The normalized spacial score (nSPS) is 16.6. The molecule has 3 aromatic heterocycles. The molecule has 2 fully saturated rings. The molecule has 0 spiro atoms. The van der Waals surface area contributed by atoms with E-state index in [0.29, 0.717) is 27.9 Å². The van der Waals surface area contributed by atoms with Crippen molar-refractivity contribution >= 4 is 17.5 Å². The van der Waals surface area contributed by atoms with E-state index in [9.17, 15) is 18.4 Å². The van der Waals surface area contributed by atoms with Gasteiger partial charge in [-0.05, 0) is 63.4 Å². The molecular formula is C23H29F2N9O2. The van der Waals surface area contributed by atoms with Crippen molar-refractivity contribution in [1.82, 2.24) is 39.9 Å². The highest BCUT2D eigenvalue weighted by Crippen LogP contribution is 2.50. The molecule has 2 saturated carbocycles. The molecule has 192 valence electrons. The van der Waals surface area contributed by atoms with Gasteiger partial charge >= 0.3 is 6.55 Å². The lowest BCUT2D eigenvalue weighted by Crippen LogP contribution is -2.50. The van der Waals surface area contributed by atoms with Crippen LogP contribution in [0.5, 0.6) is 0 Å². The van der Waals surface area contributed by atoms with Crippen LogP contribution in [-0.2, 0) is 11.3 Å². The highest BCUT2D eigenvalue weighted by molar-refractivity contribution is 6.00. The van der Waals surface area contributed by atoms with Gasteiger partial charge in [0.15, 0.2) is 0 Å². The molecule has 0 unspecified atom stereocenters. The van der Waals surface area contributed by atoms with Crippen molar-refractivity contribution in [1.29, 1.82) is 0 Å². The molecule has 0 radical (unpaired) electrons. The second-order valence-corrected chi connectivity index (χ2v) is 9.82. The van der Waals surface area contributed by atoms with Gasteiger partial charge in [-0.15, -0.1) is 5.10 Å². The molecule has 0 aliphatic heterocycles. The van der Waals surface area contributed by atoms with Gasteiger partial charge < -0.3 is 10.6 Å². The van der Waals surface area contributed by atoms with Crippen molar-refractivity contribution in [3.63, 3.8) is 0 Å². The third-order valence-electron chi connectivity index (χ3n) is 6.74. The summed E-state index contributed by atoms with van der Waals surface area (Å²) in [6, 6.07) is 0.940. The fourth-order valence-electron chi connectivity index (χ4n) is 4.79. The number of amides is 2. The zero-order valence-electron chi connectivity index (χ0n) is 20.1. The Morgan fingerprint density at radius 2 is 1.81 bits per heavy atom. The molecule has 11 nitrogen and oxygen atoms in total. The predicted molar refractivity (Wildman–Crippen MR) is 124 cm³/mol. The van der Waals surface area contributed by atoms with Crippen LogP contribution in [0.1, 0.15) is 68.3 Å². The third kappa shape index (κ3) is 5.14. The van der Waals surface area contributed by atoms with E-state index in [1.807, 2.05) is 13.8 Å². The van der Waals surface area contributed by atoms with Crippen LogP contribution >= 0.6 is 0 Å². The second-order valence-electron chi connectivity index (χ2n) is 9.82. The Balaban J connectivity index is 1.32. The first-order valence-electron chi connectivity index (χ1n) is 12.2. The molecule has 0 saturated heterocycles. The summed E-state index contributed by atoms with van der Waals surface area (Å²) >= 11 is 0. The first-order chi connectivity index (χ1) is 17.3. The minimum Gasteiger partial charge on any atom is -0.339 e. The predicted octanol–water partition coefficient (Wildman–Crippen LogP) is 2.87. The van der Waals surface area contributed by atoms with Gasteiger partial charge in [0.2, 0.25) is 5.91 Å². The highest BCUT2D eigenvalue weighted by Gasteiger charge is 2.48. The number of anilines is 1. The number of hydrogen-bond donors (Lipinski definition) is 2. The van der Waals surface area contributed by atoms with Crippen molar-refractivity contribution in [2.45, 2.75) is 64.7 Å². The van der Waals surface area contributed by atoms with Crippen LogP contribution < -0.4 is 10.6 Å². The molecule has 2 aliphatic rings. The van der Waals surface area contributed by atoms with Gasteiger partial charge in [0.05, 0.1) is 30.3 Å². The van der Waals surface area contributed by atoms with Crippen molar-refractivity contribution in [2.75, 3.05) is 5.32 Å². The minimum absolute atomic E-state index is 0.00176. The lowest BCUT2D eigenvalue weighted by molar-refractivity contribution is -0.119. The molecule has 5 rings (SSSR count). The molecular weight excluding hydrogens is 472 g/mol. The number of nitrogens with one attached hydrogen (secondary N) is 2. The summed E-state index contributed by atoms with van der Waals surface area (Å²) in [6.45, 7) is 1.08. The minimum atomic E-state index is -2.81. The van der Waals surface area contributed by atoms with E-state index in [1.165, 1.54) is 17.1 Å². The lowest BCUT2D eigenvalue weighted by atomic mass is 9.88. The summed E-state index contributed by atoms with van der Waals surface area (Å²) < 4.78 is 29.7. The van der Waals surface area contributed by atoms with E-state index in [1.54, 1.807) is 23.1 Å². The number of nitrogens with zero attached hydrogens (tertiary/aromatic N) is 7. The summed E-state index contributed by atoms with van der Waals surface area (Å²) in [5, 5.41) is 21.2. The molecule has 3 aromatic rings. The van der Waals surface area contributed by atoms with Crippen molar-refractivity contribution in [2.24, 2.45) is 17.8 Å². The molecule has 2 amide bonds. The van der Waals surface area contributed by atoms with Crippen LogP contribution in [0.2, 0.25) is 0 Å². The van der Waals surface area contributed by atoms with Crippen LogP contribution in [0.15, 0.2) is 30.9 Å². The summed E-state index contributed by atoms with van der Waals surface area (Å²) in [6.07, 6.45) is 10.0. The van der Waals surface area contributed by atoms with Gasteiger partial charge in [-0.25, -0.2) is 0 Å². The Labute approximate surface area is 206 Å². The van der Waals surface area contributed by atoms with Gasteiger partial charge in [-0.3, -0.25) is 19.0 Å². The number of alkyl halides is 2. The van der Waals surface area contributed by atoms with Crippen LogP contribution in [0, 0.1) is 17.8 Å². The number of carbonyl (C=O) groups is 2. The molecule has 1 atom stereocenters. The SMILES string of the molecule is CC(C)n1nccc1C(=O)N[C@H](C(=O)Nc1cnn(Cc2cnnn2C(F)F)c1)C(C1CC1)C1CC1. The Bertz CT molecular complexity index is 1210. The smallest absolute Gasteiger partial charge is 0.334 e. The summed E-state index contributed by atoms with van der Waals surface area (Å²) in [7, 11) is 0. The largest absolute Gasteiger partial charge is 0.339 e. The Hall–Kier alpha value is -3.64. The second kappa shape index (κ2) is 9.78. The molecule has 3 heterocycles. The Kier molecular flexibility index (Phi) is 6.54. The van der Waals surface area contributed by atoms with Gasteiger partial charge in [0.25, 0.3) is 5.91 Å². The molecule has 2 N–H and O–H groups in total. The van der Waals surface area contributed by atoms with E-state index >= 15 is 0 Å². The Morgan fingerprint density at radius 1 is 1.08 bits per heavy atom. The first kappa shape index (κ1) is 24.1. The summed E-state index contributed by atoms with van der Waals surface area (Å²) in [5.41, 5.74) is 0.999. The van der Waals surface area contributed by atoms with Crippen molar-refractivity contribution in [3.8, 4) is 0 Å². The zero-order valence-corrected chi connectivity index (χ0v) is 20.1. The van der Waals surface area contributed by atoms with Crippen LogP contribution in [-0.4, -0.2) is 52.4 Å². The van der Waals surface area contributed by atoms with E-state index in [2.05, 4.69) is 31.1 Å². The molecule has 0 aromatic carbocycles. The number of halogens is 2. The monoisotopic (exact) mass is 501 g/mol. The fraction of sp³-hybridized carbons (Fsp3) is 0.565. The average Bonchev–Trinajstić information content (AvgIpc) is 3.69. The highest BCUT2D eigenvalue weighted by atomic mass is 19.3. The Morgan fingerprint density at radius 3 is 2.44 bits per heavy atom. The molecule has 13 heteroatoms. The number of rotatable bonds is 11. The maximum atomic E-state index is 13.5. The maximum Gasteiger partial charge on any atom is 0.334 e. The molecule has 2 aliphatic carbocycles. The number of aromatic nitrogens is 7. The van der Waals surface area contributed by atoms with Crippen molar-refractivity contribution < 1.29 is 18.4 Å². The number of hydrogen-bond acceptors (Lipinski definition) is 6. The van der Waals surface area contributed by atoms with Gasteiger partial charge in [-0.2, -0.15) is 23.7 Å². The summed E-state index contributed by atoms with van der Waals surface area (Å²) in [5.74, 6) is 0.227. The quantitative estimate of drug-likeness (QED) is 0.416. The first-order valence-corrected chi connectivity index (χ1v) is 12.2. The lowest BCUT2D eigenvalue weighted by Gasteiger charge is -2.27. The van der Waals surface area contributed by atoms with Crippen molar-refractivity contribution in [3.05, 3.63) is 42.2 Å². The van der Waals surface area contributed by atoms with E-state index in [-0.39, 0.29) is 36.0 Å². The molecule has 0 bridgehead atoms. The van der Waals surface area contributed by atoms with Crippen LogP contribution in [0.3, 0.4) is 0 Å². The molecule has 36 heavy (non-hydrogen) atoms. The fourth-order valence-corrected chi connectivity index (χ4v) is 4.79. The zero-order chi connectivity index (χ0) is 25.4. The van der Waals surface area contributed by atoms with Crippen LogP contribution in [0.4, 0.5) is 14.5 Å². The van der Waals surface area contributed by atoms with Gasteiger partial charge in [0, 0.05) is 18.4 Å². The van der Waals surface area contributed by atoms with Gasteiger partial charge in [0.1, 0.15) is 11.7 Å². The summed E-state index contributed by atoms with van der Waals surface area (Å²) in [4.78, 5) is 26.7. The standard InChI is InChI=1S/C23H29F2N9O2/c1-13(2)33-18(7-8-27-33)21(35)30-20(19(14-3-4-14)15-5-6-15)22(36)29-16-9-28-32(11-16)12-17-10-26-31-34(17)23(24)25/h7-11,13-15,19-20,23H,3-6,12H2,1-2H3,(H,29,36)(H,30,35)/t20-/m0/s1. The topological polar surface area (TPSA) is 125 Å². The van der Waals surface area contributed by atoms with Crippen LogP contribution in [0.25, 0.3) is 0 Å². The number of carbonyl (C=O) groups excluding carboxylic acids is 2.